The van der Waals surface area contributed by atoms with Crippen LogP contribution in [0.25, 0.3) is 11.3 Å². The molecule has 1 fully saturated rings. The minimum Gasteiger partial charge on any atom is -0.468 e. The van der Waals surface area contributed by atoms with E-state index in [4.69, 9.17) is 14.5 Å². The molecule has 2 aromatic carbocycles. The van der Waals surface area contributed by atoms with E-state index in [1.165, 1.54) is 12.7 Å². The summed E-state index contributed by atoms with van der Waals surface area (Å²) in [4.78, 5) is 47.1. The molecule has 270 valence electrons. The fraction of sp³-hybridized carbons (Fsp3) is 0.410. The van der Waals surface area contributed by atoms with E-state index in [-0.39, 0.29) is 12.1 Å². The molecule has 1 aliphatic rings. The predicted octanol–water partition coefficient (Wildman–Crippen LogP) is 6.01. The Bertz CT molecular complexity index is 1720. The highest BCUT2D eigenvalue weighted by atomic mass is 16.6. The molecule has 12 heteroatoms. The number of hydrogen-bond donors (Lipinski definition) is 1. The lowest BCUT2D eigenvalue weighted by molar-refractivity contribution is -0.148. The van der Waals surface area contributed by atoms with Crippen LogP contribution in [0.5, 0.6) is 0 Å². The van der Waals surface area contributed by atoms with Gasteiger partial charge >= 0.3 is 12.1 Å². The predicted molar refractivity (Wildman–Crippen MR) is 200 cm³/mol. The van der Waals surface area contributed by atoms with Crippen LogP contribution in [0.3, 0.4) is 0 Å². The molecule has 0 radical (unpaired) electrons. The number of nitrogens with one attached hydrogen (secondary N) is 1. The SMILES string of the molecule is COC(=O)C(c1ccccc1)N1CCN(Cc2cccc(Nc3nccc(-c4ccc(N(C)CCCN(C)C(=O)OC(C)(C)C)nc4)n3)c2)CC1. The van der Waals surface area contributed by atoms with Crippen molar-refractivity contribution in [1.29, 1.82) is 0 Å². The lowest BCUT2D eigenvalue weighted by Crippen LogP contribution is -2.49. The second-order valence-electron chi connectivity index (χ2n) is 13.8. The lowest BCUT2D eigenvalue weighted by Gasteiger charge is -2.38. The number of benzene rings is 2. The Morgan fingerprint density at radius 1 is 0.922 bits per heavy atom. The third kappa shape index (κ3) is 10.7. The van der Waals surface area contributed by atoms with Crippen molar-refractivity contribution in [2.45, 2.75) is 45.4 Å². The number of ether oxygens (including phenoxy) is 2. The molecule has 1 amide bonds. The summed E-state index contributed by atoms with van der Waals surface area (Å²) < 4.78 is 10.6. The third-order valence-electron chi connectivity index (χ3n) is 8.68. The number of hydrogen-bond acceptors (Lipinski definition) is 11. The summed E-state index contributed by atoms with van der Waals surface area (Å²) in [5, 5.41) is 3.37. The summed E-state index contributed by atoms with van der Waals surface area (Å²) in [6.45, 7) is 10.9. The van der Waals surface area contributed by atoms with Crippen LogP contribution in [-0.4, -0.2) is 108 Å². The van der Waals surface area contributed by atoms with Crippen LogP contribution < -0.4 is 10.2 Å². The highest BCUT2D eigenvalue weighted by Gasteiger charge is 2.31. The second-order valence-corrected chi connectivity index (χ2v) is 13.8. The Balaban J connectivity index is 1.12. The van der Waals surface area contributed by atoms with Crippen LogP contribution in [0.1, 0.15) is 44.4 Å². The molecule has 2 aromatic heterocycles. The zero-order chi connectivity index (χ0) is 36.4. The number of methoxy groups -OCH3 is 1. The van der Waals surface area contributed by atoms with Crippen LogP contribution in [-0.2, 0) is 20.8 Å². The number of esters is 1. The Labute approximate surface area is 301 Å². The van der Waals surface area contributed by atoms with Gasteiger partial charge in [0.1, 0.15) is 17.5 Å². The Hall–Kier alpha value is -5.07. The van der Waals surface area contributed by atoms with Crippen molar-refractivity contribution in [2.24, 2.45) is 0 Å². The van der Waals surface area contributed by atoms with Gasteiger partial charge in [-0.1, -0.05) is 42.5 Å². The van der Waals surface area contributed by atoms with Gasteiger partial charge in [0.15, 0.2) is 0 Å². The number of nitrogens with zero attached hydrogens (tertiary/aromatic N) is 7. The number of piperazine rings is 1. The zero-order valence-corrected chi connectivity index (χ0v) is 30.6. The molecule has 5 rings (SSSR count). The largest absolute Gasteiger partial charge is 0.468 e. The van der Waals surface area contributed by atoms with E-state index in [0.29, 0.717) is 12.5 Å². The van der Waals surface area contributed by atoms with Crippen LogP contribution in [0.15, 0.2) is 85.2 Å². The van der Waals surface area contributed by atoms with Gasteiger partial charge in [-0.2, -0.15) is 0 Å². The Morgan fingerprint density at radius 3 is 2.37 bits per heavy atom. The Kier molecular flexibility index (Phi) is 12.6. The number of carbonyl (C=O) groups is 2. The summed E-state index contributed by atoms with van der Waals surface area (Å²) in [6.07, 6.45) is 4.02. The van der Waals surface area contributed by atoms with E-state index >= 15 is 0 Å². The first-order valence-corrected chi connectivity index (χ1v) is 17.4. The summed E-state index contributed by atoms with van der Waals surface area (Å²) in [6, 6.07) is 23.6. The third-order valence-corrected chi connectivity index (χ3v) is 8.68. The molecule has 12 nitrogen and oxygen atoms in total. The van der Waals surface area contributed by atoms with Gasteiger partial charge < -0.3 is 24.6 Å². The second kappa shape index (κ2) is 17.2. The standard InChI is InChI=1S/C39H50N8O4/c1-39(2,3)51-38(49)45(5)21-11-20-44(4)34-17-16-31(27-41-34)33-18-19-40-37(43-33)42-32-15-10-12-29(26-32)28-46-22-24-47(25-23-46)35(36(48)50-6)30-13-8-7-9-14-30/h7-10,12-19,26-27,35H,11,20-25,28H2,1-6H3,(H,40,42,43). The van der Waals surface area contributed by atoms with Crippen molar-refractivity contribution >= 4 is 29.5 Å². The number of carbonyl (C=O) groups excluding carboxylic acids is 2. The van der Waals surface area contributed by atoms with Gasteiger partial charge in [-0.15, -0.1) is 0 Å². The van der Waals surface area contributed by atoms with Crippen molar-refractivity contribution < 1.29 is 19.1 Å². The van der Waals surface area contributed by atoms with E-state index in [1.54, 1.807) is 18.1 Å². The molecule has 4 aromatic rings. The Morgan fingerprint density at radius 2 is 1.69 bits per heavy atom. The normalized spacial score (nSPS) is 14.4. The number of aromatic nitrogens is 3. The van der Waals surface area contributed by atoms with Gasteiger partial charge in [0.25, 0.3) is 0 Å². The van der Waals surface area contributed by atoms with Crippen molar-refractivity contribution in [3.63, 3.8) is 0 Å². The average Bonchev–Trinajstić information content (AvgIpc) is 3.12. The van der Waals surface area contributed by atoms with Crippen molar-refractivity contribution in [3.8, 4) is 11.3 Å². The number of amides is 1. The maximum atomic E-state index is 12.7. The number of anilines is 3. The van der Waals surface area contributed by atoms with E-state index in [1.807, 2.05) is 94.7 Å². The highest BCUT2D eigenvalue weighted by Crippen LogP contribution is 2.25. The highest BCUT2D eigenvalue weighted by molar-refractivity contribution is 5.77. The summed E-state index contributed by atoms with van der Waals surface area (Å²) >= 11 is 0. The first-order valence-electron chi connectivity index (χ1n) is 17.4. The molecule has 0 saturated carbocycles. The van der Waals surface area contributed by atoms with Crippen molar-refractivity contribution in [3.05, 3.63) is 96.3 Å². The van der Waals surface area contributed by atoms with E-state index in [9.17, 15) is 9.59 Å². The summed E-state index contributed by atoms with van der Waals surface area (Å²) in [5.74, 6) is 1.11. The maximum Gasteiger partial charge on any atom is 0.410 e. The minimum atomic E-state index is -0.513. The molecule has 0 aliphatic carbocycles. The topological polar surface area (TPSA) is 116 Å². The first-order chi connectivity index (χ1) is 24.5. The molecular weight excluding hydrogens is 644 g/mol. The van der Waals surface area contributed by atoms with Gasteiger partial charge in [0.2, 0.25) is 5.95 Å². The van der Waals surface area contributed by atoms with E-state index < -0.39 is 11.6 Å². The summed E-state index contributed by atoms with van der Waals surface area (Å²) in [5.41, 5.74) is 4.18. The maximum absolute atomic E-state index is 12.7. The molecule has 1 N–H and O–H groups in total. The van der Waals surface area contributed by atoms with Crippen LogP contribution in [0.2, 0.25) is 0 Å². The molecule has 1 atom stereocenters. The first kappa shape index (κ1) is 37.2. The molecule has 0 bridgehead atoms. The number of rotatable bonds is 13. The smallest absolute Gasteiger partial charge is 0.410 e. The number of pyridine rings is 1. The zero-order valence-electron chi connectivity index (χ0n) is 30.6. The van der Waals surface area contributed by atoms with Crippen LogP contribution in [0, 0.1) is 0 Å². The monoisotopic (exact) mass is 694 g/mol. The molecule has 51 heavy (non-hydrogen) atoms. The molecular formula is C39H50N8O4. The van der Waals surface area contributed by atoms with Gasteiger partial charge in [-0.05, 0) is 68.7 Å². The van der Waals surface area contributed by atoms with Gasteiger partial charge in [0.05, 0.1) is 12.8 Å². The van der Waals surface area contributed by atoms with Crippen molar-refractivity contribution in [1.82, 2.24) is 29.7 Å². The van der Waals surface area contributed by atoms with Gasteiger partial charge in [0, 0.05) is 83.6 Å². The molecule has 1 saturated heterocycles. The quantitative estimate of drug-likeness (QED) is 0.166. The summed E-state index contributed by atoms with van der Waals surface area (Å²) in [7, 11) is 5.19. The van der Waals surface area contributed by atoms with Gasteiger partial charge in [-0.3, -0.25) is 9.80 Å². The van der Waals surface area contributed by atoms with E-state index in [0.717, 1.165) is 74.0 Å². The fourth-order valence-corrected chi connectivity index (χ4v) is 5.99. The molecule has 1 aliphatic heterocycles. The van der Waals surface area contributed by atoms with Crippen LogP contribution >= 0.6 is 0 Å². The van der Waals surface area contributed by atoms with Crippen molar-refractivity contribution in [2.75, 3.05) is 70.7 Å². The minimum absolute atomic E-state index is 0.228. The molecule has 3 heterocycles. The van der Waals surface area contributed by atoms with Crippen LogP contribution in [0.4, 0.5) is 22.2 Å². The molecule has 0 spiro atoms. The van der Waals surface area contributed by atoms with Gasteiger partial charge in [-0.25, -0.2) is 24.5 Å². The van der Waals surface area contributed by atoms with E-state index in [2.05, 4.69) is 42.1 Å². The fourth-order valence-electron chi connectivity index (χ4n) is 5.99. The molecule has 1 unspecified atom stereocenters. The average molecular weight is 695 g/mol. The lowest BCUT2D eigenvalue weighted by atomic mass is 10.0.